The van der Waals surface area contributed by atoms with Gasteiger partial charge < -0.3 is 15.4 Å². The average Bonchev–Trinajstić information content (AvgIpc) is 2.76. The predicted octanol–water partition coefficient (Wildman–Crippen LogP) is 3.40. The molecule has 1 heterocycles. The summed E-state index contributed by atoms with van der Waals surface area (Å²) >= 11 is 0. The smallest absolute Gasteiger partial charge is 0.135 e. The number of nitrogen functional groups attached to an aromatic ring is 1. The summed E-state index contributed by atoms with van der Waals surface area (Å²) in [5.74, 6) is 0.774. The number of anilines is 1. The summed E-state index contributed by atoms with van der Waals surface area (Å²) in [6.07, 6.45) is 8.91. The van der Waals surface area contributed by atoms with Crippen LogP contribution >= 0.6 is 0 Å². The maximum absolute atomic E-state index is 9.63. The third kappa shape index (κ3) is 2.52. The van der Waals surface area contributed by atoms with E-state index in [1.807, 2.05) is 18.2 Å². The number of nitrogens with zero attached hydrogens (tertiary/aromatic N) is 2. The predicted molar refractivity (Wildman–Crippen MR) is 81.4 cm³/mol. The van der Waals surface area contributed by atoms with E-state index in [2.05, 4.69) is 9.55 Å². The first-order valence-corrected chi connectivity index (χ1v) is 7.67. The summed E-state index contributed by atoms with van der Waals surface area (Å²) in [4.78, 5) is 4.55. The highest BCUT2D eigenvalue weighted by Crippen LogP contribution is 2.31. The van der Waals surface area contributed by atoms with Gasteiger partial charge in [0.15, 0.2) is 0 Å². The molecule has 0 unspecified atom stereocenters. The molecule has 108 valence electrons. The average molecular weight is 273 g/mol. The van der Waals surface area contributed by atoms with Crippen LogP contribution in [0.15, 0.2) is 18.2 Å². The largest absolute Gasteiger partial charge is 0.399 e. The molecular weight excluding hydrogens is 250 g/mol. The SMILES string of the molecule is Nc1ccc2c(c1)nc(CO)n2C1CCCCCCC1. The molecule has 1 aliphatic carbocycles. The molecule has 1 fully saturated rings. The van der Waals surface area contributed by atoms with E-state index < -0.39 is 0 Å². The molecule has 20 heavy (non-hydrogen) atoms. The van der Waals surface area contributed by atoms with Gasteiger partial charge in [-0.15, -0.1) is 0 Å². The van der Waals surface area contributed by atoms with Crippen LogP contribution in [0.1, 0.15) is 56.8 Å². The Bertz CT molecular complexity index is 583. The van der Waals surface area contributed by atoms with Crippen molar-refractivity contribution in [3.05, 3.63) is 24.0 Å². The maximum Gasteiger partial charge on any atom is 0.135 e. The Morgan fingerprint density at radius 2 is 1.85 bits per heavy atom. The quantitative estimate of drug-likeness (QED) is 0.824. The minimum absolute atomic E-state index is 0.00884. The van der Waals surface area contributed by atoms with E-state index in [-0.39, 0.29) is 6.61 Å². The summed E-state index contributed by atoms with van der Waals surface area (Å²) < 4.78 is 2.25. The molecule has 0 saturated heterocycles. The Balaban J connectivity index is 2.03. The molecule has 0 atom stereocenters. The molecule has 2 aromatic rings. The lowest BCUT2D eigenvalue weighted by atomic mass is 9.96. The van der Waals surface area contributed by atoms with Gasteiger partial charge in [-0.2, -0.15) is 0 Å². The number of hydrogen-bond donors (Lipinski definition) is 2. The number of aromatic nitrogens is 2. The van der Waals surface area contributed by atoms with Crippen LogP contribution in [0.25, 0.3) is 11.0 Å². The van der Waals surface area contributed by atoms with Crippen LogP contribution in [-0.2, 0) is 6.61 Å². The molecule has 0 spiro atoms. The van der Waals surface area contributed by atoms with Gasteiger partial charge in [-0.1, -0.05) is 32.1 Å². The van der Waals surface area contributed by atoms with Gasteiger partial charge in [0.05, 0.1) is 11.0 Å². The maximum atomic E-state index is 9.63. The third-order valence-electron chi connectivity index (χ3n) is 4.37. The summed E-state index contributed by atoms with van der Waals surface area (Å²) in [5, 5.41) is 9.63. The van der Waals surface area contributed by atoms with Crippen molar-refractivity contribution >= 4 is 16.7 Å². The number of rotatable bonds is 2. The molecule has 4 heteroatoms. The van der Waals surface area contributed by atoms with Crippen molar-refractivity contribution in [2.75, 3.05) is 5.73 Å². The van der Waals surface area contributed by atoms with Crippen molar-refractivity contribution in [1.29, 1.82) is 0 Å². The van der Waals surface area contributed by atoms with Gasteiger partial charge in [0.1, 0.15) is 12.4 Å². The van der Waals surface area contributed by atoms with E-state index >= 15 is 0 Å². The number of aliphatic hydroxyl groups excluding tert-OH is 1. The number of fused-ring (bicyclic) bond motifs is 1. The molecule has 0 amide bonds. The topological polar surface area (TPSA) is 64.1 Å². The molecule has 0 bridgehead atoms. The van der Waals surface area contributed by atoms with Gasteiger partial charge in [0, 0.05) is 11.7 Å². The fourth-order valence-electron chi connectivity index (χ4n) is 3.38. The third-order valence-corrected chi connectivity index (χ3v) is 4.37. The van der Waals surface area contributed by atoms with Gasteiger partial charge >= 0.3 is 0 Å². The minimum atomic E-state index is -0.00884. The normalized spacial score (nSPS) is 18.1. The van der Waals surface area contributed by atoms with E-state index in [9.17, 15) is 5.11 Å². The van der Waals surface area contributed by atoms with E-state index in [0.29, 0.717) is 6.04 Å². The van der Waals surface area contributed by atoms with Gasteiger partial charge in [0.25, 0.3) is 0 Å². The molecule has 0 radical (unpaired) electrons. The van der Waals surface area contributed by atoms with E-state index in [4.69, 9.17) is 5.73 Å². The van der Waals surface area contributed by atoms with Crippen LogP contribution < -0.4 is 5.73 Å². The highest BCUT2D eigenvalue weighted by molar-refractivity contribution is 5.79. The summed E-state index contributed by atoms with van der Waals surface area (Å²) in [7, 11) is 0. The second-order valence-corrected chi connectivity index (χ2v) is 5.80. The first-order chi connectivity index (χ1) is 9.79. The number of aliphatic hydroxyl groups is 1. The first-order valence-electron chi connectivity index (χ1n) is 7.67. The molecule has 0 aliphatic heterocycles. The zero-order valence-corrected chi connectivity index (χ0v) is 11.9. The molecular formula is C16H23N3O. The second-order valence-electron chi connectivity index (χ2n) is 5.80. The van der Waals surface area contributed by atoms with Crippen molar-refractivity contribution < 1.29 is 5.11 Å². The summed E-state index contributed by atoms with van der Waals surface area (Å²) in [6, 6.07) is 6.32. The van der Waals surface area contributed by atoms with Crippen LogP contribution in [0.2, 0.25) is 0 Å². The van der Waals surface area contributed by atoms with Crippen LogP contribution in [0.4, 0.5) is 5.69 Å². The second kappa shape index (κ2) is 5.83. The Labute approximate surface area is 119 Å². The fraction of sp³-hybridized carbons (Fsp3) is 0.562. The first kappa shape index (κ1) is 13.4. The number of hydrogen-bond acceptors (Lipinski definition) is 3. The highest BCUT2D eigenvalue weighted by atomic mass is 16.3. The van der Waals surface area contributed by atoms with E-state index in [1.165, 1.54) is 44.9 Å². The summed E-state index contributed by atoms with van der Waals surface area (Å²) in [6.45, 7) is -0.00884. The fourth-order valence-corrected chi connectivity index (χ4v) is 3.38. The Kier molecular flexibility index (Phi) is 3.92. The molecule has 1 aliphatic rings. The van der Waals surface area contributed by atoms with Crippen molar-refractivity contribution in [3.63, 3.8) is 0 Å². The molecule has 3 N–H and O–H groups in total. The molecule has 1 aromatic heterocycles. The molecule has 3 rings (SSSR count). The minimum Gasteiger partial charge on any atom is -0.399 e. The van der Waals surface area contributed by atoms with Crippen LogP contribution in [-0.4, -0.2) is 14.7 Å². The van der Waals surface area contributed by atoms with Crippen molar-refractivity contribution in [2.45, 2.75) is 57.6 Å². The number of nitrogens with two attached hydrogens (primary N) is 1. The Morgan fingerprint density at radius 1 is 1.15 bits per heavy atom. The van der Waals surface area contributed by atoms with Gasteiger partial charge in [-0.3, -0.25) is 0 Å². The molecule has 4 nitrogen and oxygen atoms in total. The lowest BCUT2D eigenvalue weighted by Gasteiger charge is -2.23. The summed E-state index contributed by atoms with van der Waals surface area (Å²) in [5.41, 5.74) is 8.57. The van der Waals surface area contributed by atoms with Crippen LogP contribution in [0.3, 0.4) is 0 Å². The van der Waals surface area contributed by atoms with E-state index in [0.717, 1.165) is 22.5 Å². The van der Waals surface area contributed by atoms with Crippen LogP contribution in [0, 0.1) is 0 Å². The van der Waals surface area contributed by atoms with Gasteiger partial charge in [-0.05, 0) is 31.0 Å². The molecule has 1 aromatic carbocycles. The monoisotopic (exact) mass is 273 g/mol. The number of benzene rings is 1. The van der Waals surface area contributed by atoms with Gasteiger partial charge in [-0.25, -0.2) is 4.98 Å². The zero-order valence-electron chi connectivity index (χ0n) is 11.9. The van der Waals surface area contributed by atoms with Gasteiger partial charge in [0.2, 0.25) is 0 Å². The Hall–Kier alpha value is -1.55. The zero-order chi connectivity index (χ0) is 13.9. The lowest BCUT2D eigenvalue weighted by Crippen LogP contribution is -2.14. The standard InChI is InChI=1S/C16H23N3O/c17-12-8-9-15-14(10-12)18-16(11-20)19(15)13-6-4-2-1-3-5-7-13/h8-10,13,20H,1-7,11,17H2. The van der Waals surface area contributed by atoms with Crippen molar-refractivity contribution in [1.82, 2.24) is 9.55 Å². The Morgan fingerprint density at radius 3 is 2.55 bits per heavy atom. The van der Waals surface area contributed by atoms with E-state index in [1.54, 1.807) is 0 Å². The number of imidazole rings is 1. The van der Waals surface area contributed by atoms with Crippen molar-refractivity contribution in [3.8, 4) is 0 Å². The lowest BCUT2D eigenvalue weighted by molar-refractivity contribution is 0.255. The van der Waals surface area contributed by atoms with Crippen molar-refractivity contribution in [2.24, 2.45) is 0 Å². The molecule has 1 saturated carbocycles. The van der Waals surface area contributed by atoms with Crippen LogP contribution in [0.5, 0.6) is 0 Å². The highest BCUT2D eigenvalue weighted by Gasteiger charge is 2.19.